The van der Waals surface area contributed by atoms with E-state index in [2.05, 4.69) is 32.2 Å². The number of nitrogens with zero attached hydrogens (tertiary/aromatic N) is 1. The molecule has 0 radical (unpaired) electrons. The number of sulfonamides is 1. The van der Waals surface area contributed by atoms with E-state index in [1.54, 1.807) is 24.3 Å². The number of hydrogen-bond acceptors (Lipinski definition) is 6. The van der Waals surface area contributed by atoms with Crippen LogP contribution in [0.15, 0.2) is 54.0 Å². The highest BCUT2D eigenvalue weighted by molar-refractivity contribution is 7.88. The lowest BCUT2D eigenvalue weighted by Crippen LogP contribution is -2.21. The first kappa shape index (κ1) is 27.8. The Morgan fingerprint density at radius 1 is 1.13 bits per heavy atom. The number of nitrogens with one attached hydrogen (secondary N) is 3. The quantitative estimate of drug-likeness (QED) is 0.191. The van der Waals surface area contributed by atoms with Gasteiger partial charge in [0.25, 0.3) is 0 Å². The summed E-state index contributed by atoms with van der Waals surface area (Å²) < 4.78 is 78.1. The average Bonchev–Trinajstić information content (AvgIpc) is 3.30. The van der Waals surface area contributed by atoms with Crippen molar-refractivity contribution in [2.45, 2.75) is 6.18 Å². The highest BCUT2D eigenvalue weighted by Crippen LogP contribution is 2.38. The molecule has 14 heteroatoms. The normalized spacial score (nSPS) is 11.6. The summed E-state index contributed by atoms with van der Waals surface area (Å²) in [5, 5.41) is 7.04. The van der Waals surface area contributed by atoms with Gasteiger partial charge < -0.3 is 16.4 Å². The molecular formula is C25H19F4N5O3S2. The number of alkyl halides is 3. The van der Waals surface area contributed by atoms with E-state index in [1.165, 1.54) is 17.5 Å². The van der Waals surface area contributed by atoms with E-state index in [0.717, 1.165) is 22.1 Å². The first-order valence-corrected chi connectivity index (χ1v) is 13.7. The molecule has 5 N–H and O–H groups in total. The molecule has 39 heavy (non-hydrogen) atoms. The van der Waals surface area contributed by atoms with Crippen LogP contribution in [0.1, 0.15) is 11.1 Å². The lowest BCUT2D eigenvalue weighted by atomic mass is 10.0. The van der Waals surface area contributed by atoms with Gasteiger partial charge in [0.15, 0.2) is 0 Å². The largest absolute Gasteiger partial charge is 0.416 e. The zero-order chi connectivity index (χ0) is 28.4. The molecule has 0 fully saturated rings. The van der Waals surface area contributed by atoms with Gasteiger partial charge in [-0.1, -0.05) is 24.0 Å². The number of urea groups is 1. The van der Waals surface area contributed by atoms with E-state index < -0.39 is 39.3 Å². The van der Waals surface area contributed by atoms with Crippen LogP contribution in [0.25, 0.3) is 21.2 Å². The second kappa shape index (κ2) is 10.9. The summed E-state index contributed by atoms with van der Waals surface area (Å²) in [5.74, 6) is 4.88. The molecule has 8 nitrogen and oxygen atoms in total. The molecule has 2 aromatic heterocycles. The molecule has 0 saturated heterocycles. The maximum Gasteiger partial charge on any atom is 0.416 e. The van der Waals surface area contributed by atoms with Crippen molar-refractivity contribution in [2.75, 3.05) is 29.2 Å². The Kier molecular flexibility index (Phi) is 7.77. The molecular weight excluding hydrogens is 558 g/mol. The minimum absolute atomic E-state index is 0.0641. The molecule has 2 aromatic carbocycles. The summed E-state index contributed by atoms with van der Waals surface area (Å²) in [6.45, 7) is -0.0641. The number of fused-ring (bicyclic) bond motifs is 1. The van der Waals surface area contributed by atoms with E-state index in [0.29, 0.717) is 34.8 Å². The molecule has 0 unspecified atom stereocenters. The number of carbonyl (C=O) groups is 1. The number of rotatable bonds is 5. The van der Waals surface area contributed by atoms with Crippen LogP contribution < -0.4 is 21.1 Å². The number of aromatic nitrogens is 1. The predicted molar refractivity (Wildman–Crippen MR) is 143 cm³/mol. The standard InChI is InChI=1S/C25H19F4N5O3S2/c1-39(36,37)32-10-2-3-15-12-31-23(30)21-18(13-38-22(15)21)14-4-7-17(8-5-14)33-24(35)34-20-11-16(25(27,28)29)6-9-19(20)26/h4-9,11-13,32H,10H2,1H3,(H2,30,31)(H2,33,34,35). The molecule has 4 rings (SSSR count). The third-order valence-corrected chi connectivity index (χ3v) is 6.95. The Morgan fingerprint density at radius 2 is 1.85 bits per heavy atom. The molecule has 0 atom stereocenters. The minimum atomic E-state index is -4.69. The summed E-state index contributed by atoms with van der Waals surface area (Å²) in [6, 6.07) is 7.30. The Hall–Kier alpha value is -4.19. The van der Waals surface area contributed by atoms with Crippen LogP contribution in [0.3, 0.4) is 0 Å². The molecule has 0 aliphatic heterocycles. The fourth-order valence-electron chi connectivity index (χ4n) is 3.49. The van der Waals surface area contributed by atoms with E-state index >= 15 is 0 Å². The highest BCUT2D eigenvalue weighted by atomic mass is 32.2. The number of nitrogen functional groups attached to an aromatic ring is 1. The minimum Gasteiger partial charge on any atom is -0.383 e. The van der Waals surface area contributed by atoms with E-state index in [9.17, 15) is 30.8 Å². The van der Waals surface area contributed by atoms with Crippen LogP contribution in [0.4, 0.5) is 39.5 Å². The predicted octanol–water partition coefficient (Wildman–Crippen LogP) is 5.25. The summed E-state index contributed by atoms with van der Waals surface area (Å²) in [4.78, 5) is 16.5. The topological polar surface area (TPSA) is 126 Å². The number of hydrogen-bond donors (Lipinski definition) is 4. The fourth-order valence-corrected chi connectivity index (χ4v) is 4.88. The summed E-state index contributed by atoms with van der Waals surface area (Å²) >= 11 is 1.38. The van der Waals surface area contributed by atoms with Crippen LogP contribution in [0.2, 0.25) is 0 Å². The van der Waals surface area contributed by atoms with Gasteiger partial charge in [-0.3, -0.25) is 0 Å². The van der Waals surface area contributed by atoms with E-state index in [-0.39, 0.29) is 12.4 Å². The summed E-state index contributed by atoms with van der Waals surface area (Å²) in [5.41, 5.74) is 6.77. The average molecular weight is 578 g/mol. The number of carbonyl (C=O) groups excluding carboxylic acids is 1. The van der Waals surface area contributed by atoms with Crippen molar-refractivity contribution in [1.29, 1.82) is 0 Å². The molecule has 2 amide bonds. The zero-order valence-corrected chi connectivity index (χ0v) is 21.6. The second-order valence-corrected chi connectivity index (χ2v) is 10.9. The monoisotopic (exact) mass is 577 g/mol. The Balaban J connectivity index is 1.51. The van der Waals surface area contributed by atoms with Gasteiger partial charge >= 0.3 is 12.2 Å². The van der Waals surface area contributed by atoms with Crippen LogP contribution >= 0.6 is 11.3 Å². The maximum atomic E-state index is 13.9. The smallest absolute Gasteiger partial charge is 0.383 e. The number of nitrogens with two attached hydrogens (primary N) is 1. The molecule has 2 heterocycles. The van der Waals surface area contributed by atoms with Crippen molar-refractivity contribution in [3.63, 3.8) is 0 Å². The number of halogens is 4. The van der Waals surface area contributed by atoms with E-state index in [1.807, 2.05) is 5.38 Å². The van der Waals surface area contributed by atoms with E-state index in [4.69, 9.17) is 5.73 Å². The number of pyridine rings is 1. The Labute approximate surface area is 224 Å². The number of anilines is 3. The van der Waals surface area contributed by atoms with Gasteiger partial charge in [0, 0.05) is 22.8 Å². The van der Waals surface area contributed by atoms with Gasteiger partial charge in [-0.15, -0.1) is 11.3 Å². The van der Waals surface area contributed by atoms with Gasteiger partial charge in [-0.05, 0) is 41.3 Å². The molecule has 0 aliphatic rings. The Bertz CT molecular complexity index is 1720. The molecule has 0 saturated carbocycles. The fraction of sp³-hybridized carbons (Fsp3) is 0.120. The number of benzene rings is 2. The van der Waals surface area contributed by atoms with Gasteiger partial charge in [0.2, 0.25) is 10.0 Å². The van der Waals surface area contributed by atoms with Crippen molar-refractivity contribution < 1.29 is 30.8 Å². The SMILES string of the molecule is CS(=O)(=O)NCC#Cc1cnc(N)c2c(-c3ccc(NC(=O)Nc4cc(C(F)(F)F)ccc4F)cc3)csc12. The summed E-state index contributed by atoms with van der Waals surface area (Å²) in [7, 11) is -3.37. The van der Waals surface area contributed by atoms with Crippen molar-refractivity contribution in [3.05, 3.63) is 71.0 Å². The van der Waals surface area contributed by atoms with Crippen LogP contribution in [-0.2, 0) is 16.2 Å². The van der Waals surface area contributed by atoms with Crippen LogP contribution in [0, 0.1) is 17.7 Å². The zero-order valence-electron chi connectivity index (χ0n) is 20.0. The van der Waals surface area contributed by atoms with Gasteiger partial charge in [-0.2, -0.15) is 13.2 Å². The highest BCUT2D eigenvalue weighted by Gasteiger charge is 2.31. The van der Waals surface area contributed by atoms with Crippen LogP contribution in [0.5, 0.6) is 0 Å². The molecule has 0 aliphatic carbocycles. The Morgan fingerprint density at radius 3 is 2.51 bits per heavy atom. The molecule has 4 aromatic rings. The second-order valence-electron chi connectivity index (χ2n) is 8.15. The number of thiophene rings is 1. The first-order chi connectivity index (χ1) is 18.3. The molecule has 0 spiro atoms. The lowest BCUT2D eigenvalue weighted by Gasteiger charge is -2.12. The van der Waals surface area contributed by atoms with Gasteiger partial charge in [0.05, 0.1) is 34.3 Å². The van der Waals surface area contributed by atoms with Crippen LogP contribution in [-0.4, -0.2) is 32.2 Å². The van der Waals surface area contributed by atoms with Gasteiger partial charge in [0.1, 0.15) is 11.6 Å². The number of amides is 2. The van der Waals surface area contributed by atoms with Gasteiger partial charge in [-0.25, -0.2) is 27.3 Å². The first-order valence-electron chi connectivity index (χ1n) is 11.0. The molecule has 202 valence electrons. The van der Waals surface area contributed by atoms with Crippen molar-refractivity contribution in [2.24, 2.45) is 0 Å². The molecule has 0 bridgehead atoms. The lowest BCUT2D eigenvalue weighted by molar-refractivity contribution is -0.137. The third-order valence-electron chi connectivity index (χ3n) is 5.27. The summed E-state index contributed by atoms with van der Waals surface area (Å²) in [6.07, 6.45) is -2.15. The van der Waals surface area contributed by atoms with Crippen molar-refractivity contribution in [1.82, 2.24) is 9.71 Å². The maximum absolute atomic E-state index is 13.9. The van der Waals surface area contributed by atoms with Crippen molar-refractivity contribution in [3.8, 4) is 23.0 Å². The third kappa shape index (κ3) is 6.82. The van der Waals surface area contributed by atoms with Crippen molar-refractivity contribution >= 4 is 54.7 Å².